The summed E-state index contributed by atoms with van der Waals surface area (Å²) in [5, 5.41) is 11.2. The fourth-order valence-electron chi connectivity index (χ4n) is 7.16. The Kier molecular flexibility index (Phi) is 11.7. The maximum absolute atomic E-state index is 13.3. The van der Waals surface area contributed by atoms with Crippen molar-refractivity contribution in [3.63, 3.8) is 0 Å². The first-order valence-electron chi connectivity index (χ1n) is 16.6. The van der Waals surface area contributed by atoms with Crippen molar-refractivity contribution in [1.29, 1.82) is 0 Å². The highest BCUT2D eigenvalue weighted by molar-refractivity contribution is 6.42. The summed E-state index contributed by atoms with van der Waals surface area (Å²) in [5.41, 5.74) is 6.66. The fraction of sp³-hybridized carbons (Fsp3) is 0.432. The van der Waals surface area contributed by atoms with Crippen LogP contribution >= 0.6 is 23.2 Å². The molecule has 0 aromatic heterocycles. The second-order valence-corrected chi connectivity index (χ2v) is 14.0. The monoisotopic (exact) mass is 693 g/mol. The maximum Gasteiger partial charge on any atom is 0.314 e. The van der Waals surface area contributed by atoms with Gasteiger partial charge in [0, 0.05) is 50.2 Å². The number of carbonyl (C=O) groups is 3. The number of nitrogens with zero attached hydrogens (tertiary/aromatic N) is 4. The molecule has 11 heteroatoms. The number of hydrogen-bond donors (Lipinski definition) is 2. The molecular formula is C37H45Cl2N5O4. The van der Waals surface area contributed by atoms with E-state index >= 15 is 0 Å². The standard InChI is InChI=1S/C31H32Cl2N2O3.C6H13N3O/c32-26-12-11-25(21-27(26)33)30(14-20-35(22-30)28(36)23-7-3-1-4-8-23)13-17-34-18-15-31(16-19-34,29(37)38)24-9-5-2-6-10-24;1-8-2-4-9(5-3-8)6(7)10/h1-12,21H,13-20,22H2,(H,37,38);2-5H2,1H3,(H2,7,10)/t30-;/m0./s1. The average Bonchev–Trinajstić information content (AvgIpc) is 3.55. The van der Waals surface area contributed by atoms with Crippen molar-refractivity contribution < 1.29 is 19.5 Å². The third kappa shape index (κ3) is 8.14. The summed E-state index contributed by atoms with van der Waals surface area (Å²) in [5.74, 6) is -0.707. The van der Waals surface area contributed by atoms with E-state index in [1.54, 1.807) is 4.90 Å². The van der Waals surface area contributed by atoms with E-state index in [0.29, 0.717) is 54.6 Å². The molecule has 3 fully saturated rings. The Bertz CT molecular complexity index is 1560. The van der Waals surface area contributed by atoms with Crippen LogP contribution in [0.15, 0.2) is 78.9 Å². The number of amides is 3. The van der Waals surface area contributed by atoms with Gasteiger partial charge in [0.25, 0.3) is 5.91 Å². The van der Waals surface area contributed by atoms with Gasteiger partial charge in [0.05, 0.1) is 15.5 Å². The highest BCUT2D eigenvalue weighted by Crippen LogP contribution is 2.42. The van der Waals surface area contributed by atoms with Gasteiger partial charge < -0.3 is 30.4 Å². The van der Waals surface area contributed by atoms with Crippen LogP contribution in [0.25, 0.3) is 0 Å². The summed E-state index contributed by atoms with van der Waals surface area (Å²) < 4.78 is 0. The number of nitrogens with two attached hydrogens (primary N) is 1. The molecule has 9 nitrogen and oxygen atoms in total. The average molecular weight is 695 g/mol. The lowest BCUT2D eigenvalue weighted by Crippen LogP contribution is -2.49. The van der Waals surface area contributed by atoms with Crippen molar-refractivity contribution in [3.8, 4) is 0 Å². The van der Waals surface area contributed by atoms with Gasteiger partial charge in [-0.3, -0.25) is 9.59 Å². The Hall–Kier alpha value is -3.63. The molecule has 3 aromatic carbocycles. The first-order valence-corrected chi connectivity index (χ1v) is 17.3. The van der Waals surface area contributed by atoms with Crippen LogP contribution in [0, 0.1) is 0 Å². The molecular weight excluding hydrogens is 649 g/mol. The lowest BCUT2D eigenvalue weighted by molar-refractivity contribution is -0.146. The SMILES string of the molecule is CN1CCN(C(N)=O)CC1.O=C(c1ccccc1)N1CC[C@](CCN2CCC(C(=O)O)(c3ccccc3)CC2)(c2ccc(Cl)c(Cl)c2)C1. The number of aliphatic carboxylic acids is 1. The zero-order chi connectivity index (χ0) is 34.3. The van der Waals surface area contributed by atoms with Gasteiger partial charge in [-0.25, -0.2) is 4.79 Å². The summed E-state index contributed by atoms with van der Waals surface area (Å²) in [4.78, 5) is 44.4. The van der Waals surface area contributed by atoms with Crippen LogP contribution in [0.5, 0.6) is 0 Å². The molecule has 0 saturated carbocycles. The van der Waals surface area contributed by atoms with Gasteiger partial charge in [-0.05, 0) is 87.8 Å². The van der Waals surface area contributed by atoms with Crippen molar-refractivity contribution in [1.82, 2.24) is 19.6 Å². The number of carboxylic acids is 1. The molecule has 256 valence electrons. The number of carbonyl (C=O) groups excluding carboxylic acids is 2. The smallest absolute Gasteiger partial charge is 0.314 e. The molecule has 0 radical (unpaired) electrons. The van der Waals surface area contributed by atoms with Crippen molar-refractivity contribution >= 4 is 41.1 Å². The van der Waals surface area contributed by atoms with Crippen LogP contribution < -0.4 is 5.73 Å². The number of piperazine rings is 1. The Morgan fingerprint density at radius 1 is 0.750 bits per heavy atom. The second-order valence-electron chi connectivity index (χ2n) is 13.2. The number of halogens is 2. The van der Waals surface area contributed by atoms with E-state index in [1.807, 2.05) is 90.8 Å². The predicted octanol–water partition coefficient (Wildman–Crippen LogP) is 5.60. The largest absolute Gasteiger partial charge is 0.481 e. The highest BCUT2D eigenvalue weighted by atomic mass is 35.5. The molecule has 3 aromatic rings. The normalized spacial score (nSPS) is 21.3. The fourth-order valence-corrected chi connectivity index (χ4v) is 7.46. The lowest BCUT2D eigenvalue weighted by Gasteiger charge is -2.40. The van der Waals surface area contributed by atoms with E-state index in [1.165, 1.54) is 0 Å². The quantitative estimate of drug-likeness (QED) is 0.334. The molecule has 3 aliphatic heterocycles. The summed E-state index contributed by atoms with van der Waals surface area (Å²) >= 11 is 12.7. The van der Waals surface area contributed by atoms with E-state index in [4.69, 9.17) is 28.9 Å². The van der Waals surface area contributed by atoms with Crippen molar-refractivity contribution in [2.24, 2.45) is 5.73 Å². The van der Waals surface area contributed by atoms with Crippen LogP contribution in [0.4, 0.5) is 4.79 Å². The molecule has 0 spiro atoms. The topological polar surface area (TPSA) is 110 Å². The number of benzene rings is 3. The zero-order valence-electron chi connectivity index (χ0n) is 27.5. The third-order valence-corrected chi connectivity index (χ3v) is 11.1. The first-order chi connectivity index (χ1) is 23.0. The number of primary amides is 1. The highest BCUT2D eigenvalue weighted by Gasteiger charge is 2.45. The number of hydrogen-bond acceptors (Lipinski definition) is 5. The number of rotatable bonds is 7. The van der Waals surface area contributed by atoms with Crippen LogP contribution in [0.3, 0.4) is 0 Å². The van der Waals surface area contributed by atoms with Crippen LogP contribution in [0.2, 0.25) is 10.0 Å². The van der Waals surface area contributed by atoms with Gasteiger partial charge in [-0.15, -0.1) is 0 Å². The van der Waals surface area contributed by atoms with Gasteiger partial charge in [0.15, 0.2) is 0 Å². The molecule has 3 aliphatic rings. The number of urea groups is 1. The molecule has 3 heterocycles. The Morgan fingerprint density at radius 2 is 1.38 bits per heavy atom. The first kappa shape index (κ1) is 35.7. The molecule has 3 N–H and O–H groups in total. The van der Waals surface area contributed by atoms with Crippen molar-refractivity contribution in [3.05, 3.63) is 106 Å². The second kappa shape index (κ2) is 15.7. The Morgan fingerprint density at radius 3 is 1.96 bits per heavy atom. The molecule has 6 rings (SSSR count). The number of likely N-dealkylation sites (tertiary alicyclic amines) is 2. The zero-order valence-corrected chi connectivity index (χ0v) is 29.0. The van der Waals surface area contributed by atoms with Crippen LogP contribution in [-0.2, 0) is 15.6 Å². The minimum Gasteiger partial charge on any atom is -0.481 e. The summed E-state index contributed by atoms with van der Waals surface area (Å²) in [6.45, 7) is 6.93. The van der Waals surface area contributed by atoms with Crippen LogP contribution in [-0.4, -0.2) is 109 Å². The number of piperidine rings is 1. The minimum atomic E-state index is -0.842. The molecule has 0 unspecified atom stereocenters. The molecule has 3 amide bonds. The lowest BCUT2D eigenvalue weighted by atomic mass is 9.72. The van der Waals surface area contributed by atoms with Crippen LogP contribution in [0.1, 0.15) is 47.2 Å². The maximum atomic E-state index is 13.3. The minimum absolute atomic E-state index is 0.0413. The molecule has 3 saturated heterocycles. The van der Waals surface area contributed by atoms with E-state index in [-0.39, 0.29) is 17.4 Å². The number of carboxylic acid groups (broad SMARTS) is 1. The van der Waals surface area contributed by atoms with Gasteiger partial charge in [-0.2, -0.15) is 0 Å². The van der Waals surface area contributed by atoms with Gasteiger partial charge >= 0.3 is 12.0 Å². The van der Waals surface area contributed by atoms with E-state index < -0.39 is 11.4 Å². The van der Waals surface area contributed by atoms with Gasteiger partial charge in [0.2, 0.25) is 0 Å². The molecule has 1 atom stereocenters. The summed E-state index contributed by atoms with van der Waals surface area (Å²) in [6, 6.07) is 24.5. The van der Waals surface area contributed by atoms with Gasteiger partial charge in [-0.1, -0.05) is 77.8 Å². The van der Waals surface area contributed by atoms with E-state index in [2.05, 4.69) is 9.80 Å². The van der Waals surface area contributed by atoms with Crippen molar-refractivity contribution in [2.75, 3.05) is 66.0 Å². The summed E-state index contributed by atoms with van der Waals surface area (Å²) in [6.07, 6.45) is 2.82. The molecule has 0 bridgehead atoms. The van der Waals surface area contributed by atoms with E-state index in [0.717, 1.165) is 56.7 Å². The Balaban J connectivity index is 0.000000387. The third-order valence-electron chi connectivity index (χ3n) is 10.4. The molecule has 48 heavy (non-hydrogen) atoms. The summed E-state index contributed by atoms with van der Waals surface area (Å²) in [7, 11) is 2.04. The predicted molar refractivity (Wildman–Crippen MR) is 190 cm³/mol. The van der Waals surface area contributed by atoms with E-state index in [9.17, 15) is 19.5 Å². The number of likely N-dealkylation sites (N-methyl/N-ethyl adjacent to an activating group) is 1. The molecule has 0 aliphatic carbocycles. The van der Waals surface area contributed by atoms with Gasteiger partial charge in [0.1, 0.15) is 0 Å². The van der Waals surface area contributed by atoms with Crippen molar-refractivity contribution in [2.45, 2.75) is 36.5 Å². The Labute approximate surface area is 293 Å².